The average molecular weight is 203 g/mol. The summed E-state index contributed by atoms with van der Waals surface area (Å²) in [7, 11) is 0. The SMILES string of the molecule is CCCC(C)(CCl)C1CCCCC1. The molecule has 1 heteroatoms. The van der Waals surface area contributed by atoms with E-state index >= 15 is 0 Å². The van der Waals surface area contributed by atoms with Gasteiger partial charge in [0.2, 0.25) is 0 Å². The van der Waals surface area contributed by atoms with Gasteiger partial charge < -0.3 is 0 Å². The highest BCUT2D eigenvalue weighted by atomic mass is 35.5. The summed E-state index contributed by atoms with van der Waals surface area (Å²) in [6.07, 6.45) is 9.73. The van der Waals surface area contributed by atoms with Crippen molar-refractivity contribution in [2.45, 2.75) is 58.8 Å². The van der Waals surface area contributed by atoms with E-state index < -0.39 is 0 Å². The summed E-state index contributed by atoms with van der Waals surface area (Å²) in [5.41, 5.74) is 0.427. The standard InChI is InChI=1S/C12H23Cl/c1-3-9-12(2,10-13)11-7-5-4-6-8-11/h11H,3-10H2,1-2H3. The molecule has 13 heavy (non-hydrogen) atoms. The molecule has 0 spiro atoms. The van der Waals surface area contributed by atoms with E-state index in [0.717, 1.165) is 11.8 Å². The van der Waals surface area contributed by atoms with Crippen molar-refractivity contribution >= 4 is 11.6 Å². The minimum absolute atomic E-state index is 0.427. The first-order valence-corrected chi connectivity index (χ1v) is 6.32. The van der Waals surface area contributed by atoms with Crippen LogP contribution in [-0.2, 0) is 0 Å². The van der Waals surface area contributed by atoms with Gasteiger partial charge in [-0.15, -0.1) is 11.6 Å². The minimum Gasteiger partial charge on any atom is -0.126 e. The van der Waals surface area contributed by atoms with Crippen molar-refractivity contribution in [3.05, 3.63) is 0 Å². The van der Waals surface area contributed by atoms with Gasteiger partial charge in [0.1, 0.15) is 0 Å². The molecule has 1 aliphatic rings. The van der Waals surface area contributed by atoms with E-state index in [1.807, 2.05) is 0 Å². The summed E-state index contributed by atoms with van der Waals surface area (Å²) >= 11 is 6.12. The van der Waals surface area contributed by atoms with Crippen LogP contribution in [0.5, 0.6) is 0 Å². The van der Waals surface area contributed by atoms with Gasteiger partial charge in [-0.3, -0.25) is 0 Å². The Bertz CT molecular complexity index is 138. The Morgan fingerprint density at radius 1 is 1.23 bits per heavy atom. The maximum Gasteiger partial charge on any atom is 0.0280 e. The van der Waals surface area contributed by atoms with Crippen molar-refractivity contribution < 1.29 is 0 Å². The van der Waals surface area contributed by atoms with E-state index in [-0.39, 0.29) is 0 Å². The molecule has 0 bridgehead atoms. The lowest BCUT2D eigenvalue weighted by atomic mass is 9.69. The number of alkyl halides is 1. The van der Waals surface area contributed by atoms with Crippen LogP contribution in [0, 0.1) is 11.3 Å². The zero-order valence-electron chi connectivity index (χ0n) is 9.11. The van der Waals surface area contributed by atoms with Crippen molar-refractivity contribution in [2.24, 2.45) is 11.3 Å². The Morgan fingerprint density at radius 2 is 1.85 bits per heavy atom. The van der Waals surface area contributed by atoms with E-state index in [4.69, 9.17) is 11.6 Å². The number of hydrogen-bond donors (Lipinski definition) is 0. The molecule has 0 nitrogen and oxygen atoms in total. The van der Waals surface area contributed by atoms with Crippen LogP contribution in [0.4, 0.5) is 0 Å². The van der Waals surface area contributed by atoms with E-state index in [9.17, 15) is 0 Å². The van der Waals surface area contributed by atoms with Crippen LogP contribution in [0.2, 0.25) is 0 Å². The lowest BCUT2D eigenvalue weighted by Crippen LogP contribution is -2.30. The van der Waals surface area contributed by atoms with Crippen molar-refractivity contribution in [3.8, 4) is 0 Å². The highest BCUT2D eigenvalue weighted by Crippen LogP contribution is 2.42. The van der Waals surface area contributed by atoms with Crippen molar-refractivity contribution in [2.75, 3.05) is 5.88 Å². The van der Waals surface area contributed by atoms with Gasteiger partial charge in [-0.1, -0.05) is 39.5 Å². The summed E-state index contributed by atoms with van der Waals surface area (Å²) < 4.78 is 0. The molecule has 1 saturated carbocycles. The van der Waals surface area contributed by atoms with Gasteiger partial charge in [0, 0.05) is 5.88 Å². The predicted octanol–water partition coefficient (Wildman–Crippen LogP) is 4.61. The fourth-order valence-corrected chi connectivity index (χ4v) is 3.10. The highest BCUT2D eigenvalue weighted by Gasteiger charge is 2.33. The molecule has 0 aromatic rings. The molecular formula is C12H23Cl. The Kier molecular flexibility index (Phi) is 4.58. The van der Waals surface area contributed by atoms with Crippen molar-refractivity contribution in [3.63, 3.8) is 0 Å². The Balaban J connectivity index is 2.51. The molecule has 1 fully saturated rings. The highest BCUT2D eigenvalue weighted by molar-refractivity contribution is 6.18. The van der Waals surface area contributed by atoms with Gasteiger partial charge in [0.15, 0.2) is 0 Å². The zero-order valence-corrected chi connectivity index (χ0v) is 9.87. The first-order valence-electron chi connectivity index (χ1n) is 5.79. The van der Waals surface area contributed by atoms with Crippen LogP contribution in [0.3, 0.4) is 0 Å². The second kappa shape index (κ2) is 5.24. The van der Waals surface area contributed by atoms with Crippen LogP contribution < -0.4 is 0 Å². The summed E-state index contributed by atoms with van der Waals surface area (Å²) in [5, 5.41) is 0. The average Bonchev–Trinajstić information content (AvgIpc) is 2.19. The third kappa shape index (κ3) is 2.87. The molecule has 0 aromatic heterocycles. The molecule has 0 aliphatic heterocycles. The minimum atomic E-state index is 0.427. The largest absolute Gasteiger partial charge is 0.126 e. The second-order valence-electron chi connectivity index (χ2n) is 4.87. The maximum absolute atomic E-state index is 6.12. The fourth-order valence-electron chi connectivity index (χ4n) is 2.75. The summed E-state index contributed by atoms with van der Waals surface area (Å²) in [6.45, 7) is 4.66. The normalized spacial score (nSPS) is 24.2. The fraction of sp³-hybridized carbons (Fsp3) is 1.00. The first-order chi connectivity index (χ1) is 6.23. The van der Waals surface area contributed by atoms with E-state index in [1.165, 1.54) is 44.9 Å². The van der Waals surface area contributed by atoms with Crippen molar-refractivity contribution in [1.82, 2.24) is 0 Å². The summed E-state index contributed by atoms with van der Waals surface area (Å²) in [5.74, 6) is 1.75. The third-order valence-corrected chi connectivity index (χ3v) is 4.33. The molecule has 1 rings (SSSR count). The molecule has 1 unspecified atom stereocenters. The van der Waals surface area contributed by atoms with Gasteiger partial charge in [-0.05, 0) is 30.6 Å². The molecule has 0 radical (unpaired) electrons. The molecule has 0 amide bonds. The quantitative estimate of drug-likeness (QED) is 0.584. The van der Waals surface area contributed by atoms with Crippen LogP contribution >= 0.6 is 11.6 Å². The van der Waals surface area contributed by atoms with E-state index in [0.29, 0.717) is 5.41 Å². The monoisotopic (exact) mass is 202 g/mol. The van der Waals surface area contributed by atoms with Crippen LogP contribution in [0.25, 0.3) is 0 Å². The van der Waals surface area contributed by atoms with Crippen LogP contribution in [-0.4, -0.2) is 5.88 Å². The molecular weight excluding hydrogens is 180 g/mol. The topological polar surface area (TPSA) is 0 Å². The van der Waals surface area contributed by atoms with Gasteiger partial charge >= 0.3 is 0 Å². The van der Waals surface area contributed by atoms with Gasteiger partial charge in [0.05, 0.1) is 0 Å². The van der Waals surface area contributed by atoms with E-state index in [2.05, 4.69) is 13.8 Å². The third-order valence-electron chi connectivity index (χ3n) is 3.72. The molecule has 0 N–H and O–H groups in total. The zero-order chi connectivity index (χ0) is 9.73. The Labute approximate surface area is 88.1 Å². The molecule has 0 heterocycles. The first kappa shape index (κ1) is 11.4. The lowest BCUT2D eigenvalue weighted by Gasteiger charge is -2.38. The van der Waals surface area contributed by atoms with Gasteiger partial charge in [0.25, 0.3) is 0 Å². The maximum atomic E-state index is 6.12. The van der Waals surface area contributed by atoms with Crippen LogP contribution in [0.15, 0.2) is 0 Å². The smallest absolute Gasteiger partial charge is 0.0280 e. The number of halogens is 1. The summed E-state index contributed by atoms with van der Waals surface area (Å²) in [4.78, 5) is 0. The van der Waals surface area contributed by atoms with Gasteiger partial charge in [-0.2, -0.15) is 0 Å². The van der Waals surface area contributed by atoms with Crippen molar-refractivity contribution in [1.29, 1.82) is 0 Å². The Hall–Kier alpha value is 0.290. The lowest BCUT2D eigenvalue weighted by molar-refractivity contribution is 0.149. The Morgan fingerprint density at radius 3 is 2.31 bits per heavy atom. The number of rotatable bonds is 4. The predicted molar refractivity (Wildman–Crippen MR) is 60.3 cm³/mol. The molecule has 0 aromatic carbocycles. The number of hydrogen-bond acceptors (Lipinski definition) is 0. The van der Waals surface area contributed by atoms with Gasteiger partial charge in [-0.25, -0.2) is 0 Å². The molecule has 1 atom stereocenters. The second-order valence-corrected chi connectivity index (χ2v) is 5.14. The van der Waals surface area contributed by atoms with E-state index in [1.54, 1.807) is 0 Å². The molecule has 78 valence electrons. The summed E-state index contributed by atoms with van der Waals surface area (Å²) in [6, 6.07) is 0. The molecule has 0 saturated heterocycles. The van der Waals surface area contributed by atoms with Crippen LogP contribution in [0.1, 0.15) is 58.8 Å². The molecule has 1 aliphatic carbocycles.